The number of halogens is 3. The van der Waals surface area contributed by atoms with Crippen molar-refractivity contribution in [3.8, 4) is 11.5 Å². The maximum atomic E-state index is 12.2. The van der Waals surface area contributed by atoms with Crippen LogP contribution in [0.15, 0.2) is 16.6 Å². The lowest BCUT2D eigenvalue weighted by Gasteiger charge is -2.12. The second-order valence-electron chi connectivity index (χ2n) is 3.08. The molecule has 0 unspecified atom stereocenters. The Labute approximate surface area is 111 Å². The fourth-order valence-electron chi connectivity index (χ4n) is 1.25. The molecule has 0 radical (unpaired) electrons. The minimum absolute atomic E-state index is 0.0910. The number of benzene rings is 1. The van der Waals surface area contributed by atoms with Gasteiger partial charge in [-0.05, 0) is 35.0 Å². The molecule has 0 saturated carbocycles. The number of hydrogen-bond donors (Lipinski definition) is 0. The van der Waals surface area contributed by atoms with E-state index in [1.165, 1.54) is 13.2 Å². The molecule has 18 heavy (non-hydrogen) atoms. The summed E-state index contributed by atoms with van der Waals surface area (Å²) in [7, 11) is 1.31. The van der Waals surface area contributed by atoms with Crippen LogP contribution in [0.1, 0.15) is 17.3 Å². The predicted molar refractivity (Wildman–Crippen MR) is 63.3 cm³/mol. The molecule has 0 aliphatic rings. The number of rotatable bonds is 5. The van der Waals surface area contributed by atoms with E-state index in [0.717, 1.165) is 6.07 Å². The molecule has 0 aliphatic carbocycles. The van der Waals surface area contributed by atoms with Gasteiger partial charge in [-0.15, -0.1) is 0 Å². The molecule has 0 bridgehead atoms. The van der Waals surface area contributed by atoms with Crippen molar-refractivity contribution in [1.82, 2.24) is 0 Å². The highest BCUT2D eigenvalue weighted by molar-refractivity contribution is 9.10. The number of carbonyl (C=O) groups excluding carboxylic acids is 1. The molecule has 0 atom stereocenters. The first-order chi connectivity index (χ1) is 8.49. The molecule has 4 nitrogen and oxygen atoms in total. The Morgan fingerprint density at radius 3 is 2.56 bits per heavy atom. The van der Waals surface area contributed by atoms with Gasteiger partial charge in [0.05, 0.1) is 19.3 Å². The van der Waals surface area contributed by atoms with Crippen LogP contribution >= 0.6 is 15.9 Å². The van der Waals surface area contributed by atoms with Gasteiger partial charge in [-0.3, -0.25) is 0 Å². The molecule has 0 spiro atoms. The van der Waals surface area contributed by atoms with Crippen molar-refractivity contribution in [3.05, 3.63) is 22.2 Å². The molecule has 0 amide bonds. The molecule has 0 fully saturated rings. The third-order valence-electron chi connectivity index (χ3n) is 1.96. The highest BCUT2D eigenvalue weighted by Crippen LogP contribution is 2.34. The molecule has 0 saturated heterocycles. The number of esters is 1. The maximum Gasteiger partial charge on any atom is 0.387 e. The quantitative estimate of drug-likeness (QED) is 0.780. The van der Waals surface area contributed by atoms with Gasteiger partial charge in [0.2, 0.25) is 0 Å². The lowest BCUT2D eigenvalue weighted by molar-refractivity contribution is -0.0513. The molecular formula is C11H11BrF2O4. The Morgan fingerprint density at radius 2 is 2.06 bits per heavy atom. The SMILES string of the molecule is CCOC(=O)c1cc(OC(F)F)c(OC)cc1Br. The van der Waals surface area contributed by atoms with Crippen molar-refractivity contribution >= 4 is 21.9 Å². The van der Waals surface area contributed by atoms with Gasteiger partial charge < -0.3 is 14.2 Å². The molecular weight excluding hydrogens is 314 g/mol. The van der Waals surface area contributed by atoms with Crippen LogP contribution in [0.3, 0.4) is 0 Å². The standard InChI is InChI=1S/C11H11BrF2O4/c1-3-17-10(15)6-4-9(18-11(13)14)8(16-2)5-7(6)12/h4-5,11H,3H2,1-2H3. The summed E-state index contributed by atoms with van der Waals surface area (Å²) >= 11 is 3.14. The van der Waals surface area contributed by atoms with Crippen LogP contribution < -0.4 is 9.47 Å². The summed E-state index contributed by atoms with van der Waals surface area (Å²) in [5.74, 6) is -0.764. The first-order valence-corrected chi connectivity index (χ1v) is 5.78. The number of ether oxygens (including phenoxy) is 3. The lowest BCUT2D eigenvalue weighted by atomic mass is 10.2. The Bertz CT molecular complexity index is 437. The van der Waals surface area contributed by atoms with Crippen LogP contribution in [-0.4, -0.2) is 26.3 Å². The molecule has 0 aromatic heterocycles. The Kier molecular flexibility index (Phi) is 5.33. The lowest BCUT2D eigenvalue weighted by Crippen LogP contribution is -2.08. The van der Waals surface area contributed by atoms with E-state index in [-0.39, 0.29) is 23.7 Å². The van der Waals surface area contributed by atoms with Crippen molar-refractivity contribution in [2.45, 2.75) is 13.5 Å². The van der Waals surface area contributed by atoms with Crippen molar-refractivity contribution < 1.29 is 27.8 Å². The largest absolute Gasteiger partial charge is 0.493 e. The number of methoxy groups -OCH3 is 1. The predicted octanol–water partition coefficient (Wildman–Crippen LogP) is 3.24. The van der Waals surface area contributed by atoms with Gasteiger partial charge in [0.25, 0.3) is 0 Å². The van der Waals surface area contributed by atoms with E-state index in [0.29, 0.717) is 4.47 Å². The molecule has 100 valence electrons. The highest BCUT2D eigenvalue weighted by Gasteiger charge is 2.18. The van der Waals surface area contributed by atoms with E-state index in [4.69, 9.17) is 9.47 Å². The Balaban J connectivity index is 3.16. The molecule has 1 aromatic carbocycles. The summed E-state index contributed by atoms with van der Waals surface area (Å²) < 4.78 is 38.7. The van der Waals surface area contributed by atoms with Gasteiger partial charge in [0.15, 0.2) is 11.5 Å². The van der Waals surface area contributed by atoms with Gasteiger partial charge in [0.1, 0.15) is 0 Å². The summed E-state index contributed by atoms with van der Waals surface area (Å²) in [6, 6.07) is 2.51. The maximum absolute atomic E-state index is 12.2. The van der Waals surface area contributed by atoms with Crippen molar-refractivity contribution in [2.24, 2.45) is 0 Å². The van der Waals surface area contributed by atoms with E-state index in [2.05, 4.69) is 20.7 Å². The van der Waals surface area contributed by atoms with Gasteiger partial charge >= 0.3 is 12.6 Å². The van der Waals surface area contributed by atoms with Gasteiger partial charge in [0, 0.05) is 4.47 Å². The second-order valence-corrected chi connectivity index (χ2v) is 3.94. The molecule has 1 aromatic rings. The first kappa shape index (κ1) is 14.7. The van der Waals surface area contributed by atoms with Crippen molar-refractivity contribution in [1.29, 1.82) is 0 Å². The average molecular weight is 325 g/mol. The van der Waals surface area contributed by atoms with Crippen LogP contribution in [0.25, 0.3) is 0 Å². The second kappa shape index (κ2) is 6.53. The molecule has 0 heterocycles. The molecule has 0 N–H and O–H groups in total. The summed E-state index contributed by atoms with van der Waals surface area (Å²) in [6.07, 6.45) is 0. The van der Waals surface area contributed by atoms with Crippen molar-refractivity contribution in [2.75, 3.05) is 13.7 Å². The molecule has 0 aliphatic heterocycles. The zero-order chi connectivity index (χ0) is 13.7. The Morgan fingerprint density at radius 1 is 1.39 bits per heavy atom. The number of alkyl halides is 2. The van der Waals surface area contributed by atoms with Crippen molar-refractivity contribution in [3.63, 3.8) is 0 Å². The summed E-state index contributed by atoms with van der Waals surface area (Å²) in [5, 5.41) is 0. The summed E-state index contributed by atoms with van der Waals surface area (Å²) in [6.45, 7) is -1.18. The van der Waals surface area contributed by atoms with E-state index in [1.807, 2.05) is 0 Å². The zero-order valence-electron chi connectivity index (χ0n) is 9.71. The highest BCUT2D eigenvalue weighted by atomic mass is 79.9. The fourth-order valence-corrected chi connectivity index (χ4v) is 1.73. The minimum atomic E-state index is -3.00. The van der Waals surface area contributed by atoms with E-state index < -0.39 is 12.6 Å². The van der Waals surface area contributed by atoms with Crippen LogP contribution in [0.2, 0.25) is 0 Å². The molecule has 1 rings (SSSR count). The topological polar surface area (TPSA) is 44.8 Å². The summed E-state index contributed by atoms with van der Waals surface area (Å²) in [5.41, 5.74) is 0.0910. The third-order valence-corrected chi connectivity index (χ3v) is 2.62. The number of hydrogen-bond acceptors (Lipinski definition) is 4. The van der Waals surface area contributed by atoms with Crippen LogP contribution in [0.5, 0.6) is 11.5 Å². The number of carbonyl (C=O) groups is 1. The van der Waals surface area contributed by atoms with E-state index >= 15 is 0 Å². The first-order valence-electron chi connectivity index (χ1n) is 4.99. The van der Waals surface area contributed by atoms with E-state index in [9.17, 15) is 13.6 Å². The van der Waals surface area contributed by atoms with Gasteiger partial charge in [-0.1, -0.05) is 0 Å². The minimum Gasteiger partial charge on any atom is -0.493 e. The zero-order valence-corrected chi connectivity index (χ0v) is 11.3. The molecule has 7 heteroatoms. The Hall–Kier alpha value is -1.37. The summed E-state index contributed by atoms with van der Waals surface area (Å²) in [4.78, 5) is 11.6. The fraction of sp³-hybridized carbons (Fsp3) is 0.364. The van der Waals surface area contributed by atoms with Crippen LogP contribution in [0.4, 0.5) is 8.78 Å². The van der Waals surface area contributed by atoms with Gasteiger partial charge in [-0.25, -0.2) is 4.79 Å². The average Bonchev–Trinajstić information content (AvgIpc) is 2.30. The monoisotopic (exact) mass is 324 g/mol. The normalized spacial score (nSPS) is 10.3. The van der Waals surface area contributed by atoms with Crippen LogP contribution in [0, 0.1) is 0 Å². The van der Waals surface area contributed by atoms with E-state index in [1.54, 1.807) is 6.92 Å². The smallest absolute Gasteiger partial charge is 0.387 e. The van der Waals surface area contributed by atoms with Gasteiger partial charge in [-0.2, -0.15) is 8.78 Å². The third kappa shape index (κ3) is 3.56. The van der Waals surface area contributed by atoms with Crippen LogP contribution in [-0.2, 0) is 4.74 Å².